The van der Waals surface area contributed by atoms with E-state index in [0.717, 1.165) is 30.1 Å². The standard InChI is InChI=1S/C9H14O/c10-9-4-6-1-5(6)2-7-3-8(7)9/h5-10H,1-4H2/t5-,6-,7+,8+,9+/m1/s1. The fraction of sp³-hybridized carbons (Fsp3) is 1.00. The highest BCUT2D eigenvalue weighted by molar-refractivity contribution is 5.03. The molecule has 5 atom stereocenters. The van der Waals surface area contributed by atoms with E-state index in [1.54, 1.807) is 0 Å². The van der Waals surface area contributed by atoms with Crippen molar-refractivity contribution in [1.29, 1.82) is 0 Å². The third-order valence-corrected chi connectivity index (χ3v) is 3.69. The molecule has 0 aromatic heterocycles. The van der Waals surface area contributed by atoms with Crippen LogP contribution in [0.4, 0.5) is 0 Å². The molecule has 0 aromatic rings. The largest absolute Gasteiger partial charge is 0.393 e. The summed E-state index contributed by atoms with van der Waals surface area (Å²) in [5, 5.41) is 9.60. The Labute approximate surface area is 61.4 Å². The summed E-state index contributed by atoms with van der Waals surface area (Å²) in [6, 6.07) is 0. The van der Waals surface area contributed by atoms with E-state index >= 15 is 0 Å². The Morgan fingerprint density at radius 3 is 2.40 bits per heavy atom. The van der Waals surface area contributed by atoms with Crippen molar-refractivity contribution in [2.45, 2.75) is 31.8 Å². The highest BCUT2D eigenvalue weighted by Gasteiger charge is 2.53. The first-order valence-electron chi connectivity index (χ1n) is 4.52. The van der Waals surface area contributed by atoms with E-state index in [0.29, 0.717) is 0 Å². The predicted octanol–water partition coefficient (Wildman–Crippen LogP) is 1.41. The van der Waals surface area contributed by atoms with Gasteiger partial charge in [-0.25, -0.2) is 0 Å². The molecule has 0 radical (unpaired) electrons. The zero-order chi connectivity index (χ0) is 6.72. The fourth-order valence-corrected chi connectivity index (χ4v) is 2.77. The molecule has 0 aromatic carbocycles. The van der Waals surface area contributed by atoms with E-state index in [1.165, 1.54) is 19.3 Å². The van der Waals surface area contributed by atoms with Gasteiger partial charge >= 0.3 is 0 Å². The molecule has 1 heteroatoms. The van der Waals surface area contributed by atoms with Gasteiger partial charge in [0.2, 0.25) is 0 Å². The molecular weight excluding hydrogens is 124 g/mol. The predicted molar refractivity (Wildman–Crippen MR) is 38.4 cm³/mol. The zero-order valence-corrected chi connectivity index (χ0v) is 6.16. The van der Waals surface area contributed by atoms with Crippen LogP contribution in [0.25, 0.3) is 0 Å². The second-order valence-electron chi connectivity index (χ2n) is 4.45. The summed E-state index contributed by atoms with van der Waals surface area (Å²) in [5.74, 6) is 3.63. The van der Waals surface area contributed by atoms with Crippen molar-refractivity contribution in [1.82, 2.24) is 0 Å². The number of fused-ring (bicyclic) bond motifs is 2. The molecule has 3 aliphatic carbocycles. The van der Waals surface area contributed by atoms with Gasteiger partial charge in [-0.2, -0.15) is 0 Å². The van der Waals surface area contributed by atoms with Crippen LogP contribution in [-0.4, -0.2) is 11.2 Å². The van der Waals surface area contributed by atoms with Crippen LogP contribution in [0.3, 0.4) is 0 Å². The first kappa shape index (κ1) is 5.59. The van der Waals surface area contributed by atoms with Crippen molar-refractivity contribution in [3.05, 3.63) is 0 Å². The van der Waals surface area contributed by atoms with Crippen LogP contribution in [0, 0.1) is 23.7 Å². The van der Waals surface area contributed by atoms with Crippen molar-refractivity contribution in [3.63, 3.8) is 0 Å². The van der Waals surface area contributed by atoms with Gasteiger partial charge in [-0.3, -0.25) is 0 Å². The highest BCUT2D eigenvalue weighted by Crippen LogP contribution is 2.59. The van der Waals surface area contributed by atoms with Gasteiger partial charge in [0.15, 0.2) is 0 Å². The van der Waals surface area contributed by atoms with Gasteiger partial charge in [0.1, 0.15) is 0 Å². The molecule has 3 rings (SSSR count). The summed E-state index contributed by atoms with van der Waals surface area (Å²) in [7, 11) is 0. The maximum Gasteiger partial charge on any atom is 0.0573 e. The maximum atomic E-state index is 9.60. The Morgan fingerprint density at radius 2 is 1.50 bits per heavy atom. The summed E-state index contributed by atoms with van der Waals surface area (Å²) < 4.78 is 0. The van der Waals surface area contributed by atoms with E-state index in [9.17, 15) is 5.11 Å². The molecule has 0 saturated heterocycles. The van der Waals surface area contributed by atoms with E-state index in [1.807, 2.05) is 0 Å². The lowest BCUT2D eigenvalue weighted by Gasteiger charge is -2.05. The first-order valence-corrected chi connectivity index (χ1v) is 4.52. The van der Waals surface area contributed by atoms with E-state index in [2.05, 4.69) is 0 Å². The summed E-state index contributed by atoms with van der Waals surface area (Å²) in [4.78, 5) is 0. The average Bonchev–Trinajstić information content (AvgIpc) is 2.66. The second-order valence-corrected chi connectivity index (χ2v) is 4.45. The van der Waals surface area contributed by atoms with Gasteiger partial charge in [0, 0.05) is 0 Å². The average molecular weight is 138 g/mol. The smallest absolute Gasteiger partial charge is 0.0573 e. The zero-order valence-electron chi connectivity index (χ0n) is 6.16. The Balaban J connectivity index is 1.79. The number of aliphatic hydroxyl groups is 1. The molecule has 0 amide bonds. The number of rotatable bonds is 0. The molecular formula is C9H14O. The molecule has 10 heavy (non-hydrogen) atoms. The lowest BCUT2D eigenvalue weighted by atomic mass is 10.1. The van der Waals surface area contributed by atoms with Crippen molar-refractivity contribution in [3.8, 4) is 0 Å². The van der Waals surface area contributed by atoms with Gasteiger partial charge in [-0.1, -0.05) is 0 Å². The fourth-order valence-electron chi connectivity index (χ4n) is 2.77. The van der Waals surface area contributed by atoms with E-state index < -0.39 is 0 Å². The van der Waals surface area contributed by atoms with E-state index in [-0.39, 0.29) is 6.10 Å². The van der Waals surface area contributed by atoms with E-state index in [4.69, 9.17) is 0 Å². The minimum Gasteiger partial charge on any atom is -0.393 e. The van der Waals surface area contributed by atoms with Gasteiger partial charge in [-0.05, 0) is 49.4 Å². The normalized spacial score (nSPS) is 63.9. The molecule has 0 unspecified atom stereocenters. The summed E-state index contributed by atoms with van der Waals surface area (Å²) in [5.41, 5.74) is 0. The second kappa shape index (κ2) is 1.58. The first-order chi connectivity index (χ1) is 4.84. The molecule has 3 fully saturated rings. The third-order valence-electron chi connectivity index (χ3n) is 3.69. The summed E-state index contributed by atoms with van der Waals surface area (Å²) in [6.07, 6.45) is 5.44. The Bertz CT molecular complexity index is 164. The van der Waals surface area contributed by atoms with Crippen LogP contribution in [0.1, 0.15) is 25.7 Å². The highest BCUT2D eigenvalue weighted by atomic mass is 16.3. The lowest BCUT2D eigenvalue weighted by molar-refractivity contribution is 0.133. The van der Waals surface area contributed by atoms with Crippen molar-refractivity contribution >= 4 is 0 Å². The minimum absolute atomic E-state index is 0.0856. The van der Waals surface area contributed by atoms with Gasteiger partial charge in [-0.15, -0.1) is 0 Å². The Morgan fingerprint density at radius 1 is 0.800 bits per heavy atom. The monoisotopic (exact) mass is 138 g/mol. The molecule has 1 N–H and O–H groups in total. The SMILES string of the molecule is O[C@H]1C[C@H]2C[C@@H]2C[C@H]2C[C@@H]21. The van der Waals surface area contributed by atoms with Crippen LogP contribution in [0.15, 0.2) is 0 Å². The molecule has 0 spiro atoms. The molecule has 0 aliphatic heterocycles. The van der Waals surface area contributed by atoms with Crippen LogP contribution < -0.4 is 0 Å². The summed E-state index contributed by atoms with van der Waals surface area (Å²) in [6.45, 7) is 0. The molecule has 0 bridgehead atoms. The quantitative estimate of drug-likeness (QED) is 0.536. The van der Waals surface area contributed by atoms with Crippen LogP contribution in [-0.2, 0) is 0 Å². The maximum absolute atomic E-state index is 9.60. The van der Waals surface area contributed by atoms with Crippen LogP contribution >= 0.6 is 0 Å². The molecule has 56 valence electrons. The molecule has 3 saturated carbocycles. The number of aliphatic hydroxyl groups excluding tert-OH is 1. The van der Waals surface area contributed by atoms with Crippen LogP contribution in [0.2, 0.25) is 0 Å². The number of hydrogen-bond acceptors (Lipinski definition) is 1. The number of hydrogen-bond donors (Lipinski definition) is 1. The van der Waals surface area contributed by atoms with Gasteiger partial charge < -0.3 is 5.11 Å². The minimum atomic E-state index is 0.0856. The summed E-state index contributed by atoms with van der Waals surface area (Å²) >= 11 is 0. The molecule has 1 nitrogen and oxygen atoms in total. The van der Waals surface area contributed by atoms with Gasteiger partial charge in [0.25, 0.3) is 0 Å². The lowest BCUT2D eigenvalue weighted by Crippen LogP contribution is -2.09. The van der Waals surface area contributed by atoms with Crippen LogP contribution in [0.5, 0.6) is 0 Å². The Kier molecular flexibility index (Phi) is 0.883. The van der Waals surface area contributed by atoms with Crippen molar-refractivity contribution < 1.29 is 5.11 Å². The van der Waals surface area contributed by atoms with Crippen molar-refractivity contribution in [2.24, 2.45) is 23.7 Å². The third kappa shape index (κ3) is 0.672. The van der Waals surface area contributed by atoms with Gasteiger partial charge in [0.05, 0.1) is 6.10 Å². The van der Waals surface area contributed by atoms with Crippen molar-refractivity contribution in [2.75, 3.05) is 0 Å². The molecule has 0 heterocycles. The Hall–Kier alpha value is -0.0400. The topological polar surface area (TPSA) is 20.2 Å². The molecule has 3 aliphatic rings.